The molecule has 2 rings (SSSR count). The molecule has 0 spiro atoms. The second-order valence-electron chi connectivity index (χ2n) is 5.04. The Morgan fingerprint density at radius 1 is 1.55 bits per heavy atom. The number of anilines is 1. The zero-order valence-corrected chi connectivity index (χ0v) is 11.3. The molecule has 1 fully saturated rings. The molecule has 0 saturated heterocycles. The number of nitrogens with one attached hydrogen (secondary N) is 2. The molecule has 0 radical (unpaired) electrons. The maximum absolute atomic E-state index is 13.5. The zero-order valence-electron chi connectivity index (χ0n) is 11.3. The molecule has 1 saturated carbocycles. The Labute approximate surface area is 115 Å². The maximum Gasteiger partial charge on any atom is 0.285 e. The molecule has 2 unspecified atom stereocenters. The zero-order chi connectivity index (χ0) is 14.9. The Morgan fingerprint density at radius 2 is 2.20 bits per heavy atom. The number of rotatable bonds is 5. The average Bonchev–Trinajstić information content (AvgIpc) is 3.11. The molecule has 20 heavy (non-hydrogen) atoms. The van der Waals surface area contributed by atoms with Crippen molar-refractivity contribution in [1.29, 1.82) is 0 Å². The maximum atomic E-state index is 13.5. The molecule has 1 amide bonds. The lowest BCUT2D eigenvalue weighted by atomic mass is 10.1. The smallest absolute Gasteiger partial charge is 0.285 e. The van der Waals surface area contributed by atoms with Crippen molar-refractivity contribution >= 4 is 17.3 Å². The van der Waals surface area contributed by atoms with Crippen LogP contribution in [0.25, 0.3) is 0 Å². The van der Waals surface area contributed by atoms with E-state index in [9.17, 15) is 19.3 Å². The molecule has 2 atom stereocenters. The van der Waals surface area contributed by atoms with E-state index in [2.05, 4.69) is 17.6 Å². The van der Waals surface area contributed by atoms with Crippen molar-refractivity contribution in [1.82, 2.24) is 5.32 Å². The van der Waals surface area contributed by atoms with Crippen molar-refractivity contribution in [3.05, 3.63) is 33.6 Å². The van der Waals surface area contributed by atoms with Gasteiger partial charge in [0.2, 0.25) is 0 Å². The van der Waals surface area contributed by atoms with Crippen LogP contribution < -0.4 is 10.6 Å². The monoisotopic (exact) mass is 281 g/mol. The minimum Gasteiger partial charge on any atom is -0.386 e. The van der Waals surface area contributed by atoms with E-state index in [0.717, 1.165) is 12.5 Å². The largest absolute Gasteiger partial charge is 0.386 e. The van der Waals surface area contributed by atoms with Gasteiger partial charge in [-0.3, -0.25) is 14.9 Å². The van der Waals surface area contributed by atoms with Gasteiger partial charge in [0.1, 0.15) is 5.56 Å². The molecule has 7 heteroatoms. The summed E-state index contributed by atoms with van der Waals surface area (Å²) in [7, 11) is 1.48. The van der Waals surface area contributed by atoms with Gasteiger partial charge in [-0.25, -0.2) is 4.39 Å². The number of benzene rings is 1. The first-order valence-electron chi connectivity index (χ1n) is 6.38. The predicted octanol–water partition coefficient (Wildman–Crippen LogP) is 2.16. The summed E-state index contributed by atoms with van der Waals surface area (Å²) in [5, 5.41) is 16.1. The van der Waals surface area contributed by atoms with E-state index in [0.29, 0.717) is 18.4 Å². The normalized spacial score (nSPS) is 20.4. The van der Waals surface area contributed by atoms with E-state index in [1.54, 1.807) is 0 Å². The highest BCUT2D eigenvalue weighted by Gasteiger charge is 2.33. The van der Waals surface area contributed by atoms with Crippen LogP contribution in [0.5, 0.6) is 0 Å². The summed E-state index contributed by atoms with van der Waals surface area (Å²) in [6.45, 7) is 2.57. The van der Waals surface area contributed by atoms with Crippen LogP contribution in [0.4, 0.5) is 15.8 Å². The van der Waals surface area contributed by atoms with Gasteiger partial charge in [-0.05, 0) is 24.3 Å². The molecule has 1 aliphatic rings. The van der Waals surface area contributed by atoms with Crippen molar-refractivity contribution in [3.63, 3.8) is 0 Å². The van der Waals surface area contributed by atoms with E-state index in [1.807, 2.05) is 0 Å². The molecule has 0 aromatic heterocycles. The second-order valence-corrected chi connectivity index (χ2v) is 5.04. The fourth-order valence-electron chi connectivity index (χ4n) is 2.09. The third-order valence-electron chi connectivity index (χ3n) is 3.60. The summed E-state index contributed by atoms with van der Waals surface area (Å²) in [5.41, 5.74) is -0.600. The molecule has 6 nitrogen and oxygen atoms in total. The van der Waals surface area contributed by atoms with E-state index in [-0.39, 0.29) is 11.3 Å². The molecular formula is C13H16FN3O3. The Hall–Kier alpha value is -2.18. The number of nitrogens with zero attached hydrogens (tertiary/aromatic N) is 1. The molecule has 0 bridgehead atoms. The van der Waals surface area contributed by atoms with Gasteiger partial charge in [0.25, 0.3) is 11.6 Å². The summed E-state index contributed by atoms with van der Waals surface area (Å²) in [4.78, 5) is 22.2. The molecule has 1 aliphatic carbocycles. The van der Waals surface area contributed by atoms with Gasteiger partial charge < -0.3 is 10.6 Å². The SMILES string of the molecule is CNc1cc(C(=O)NCC2CC2C)c([N+](=O)[O-])cc1F. The fraction of sp³-hybridized carbons (Fsp3) is 0.462. The minimum absolute atomic E-state index is 0.0561. The summed E-state index contributed by atoms with van der Waals surface area (Å²) >= 11 is 0. The highest BCUT2D eigenvalue weighted by molar-refractivity contribution is 5.99. The summed E-state index contributed by atoms with van der Waals surface area (Å²) < 4.78 is 13.5. The molecular weight excluding hydrogens is 265 g/mol. The van der Waals surface area contributed by atoms with Crippen LogP contribution in [-0.2, 0) is 0 Å². The summed E-state index contributed by atoms with van der Waals surface area (Å²) in [6.07, 6.45) is 1.05. The van der Waals surface area contributed by atoms with Crippen LogP contribution in [-0.4, -0.2) is 24.4 Å². The van der Waals surface area contributed by atoms with Gasteiger partial charge >= 0.3 is 0 Å². The highest BCUT2D eigenvalue weighted by Crippen LogP contribution is 2.37. The first-order valence-corrected chi connectivity index (χ1v) is 6.38. The van der Waals surface area contributed by atoms with Crippen LogP contribution in [0, 0.1) is 27.8 Å². The van der Waals surface area contributed by atoms with Crippen LogP contribution in [0.15, 0.2) is 12.1 Å². The van der Waals surface area contributed by atoms with Crippen LogP contribution >= 0.6 is 0 Å². The fourth-order valence-corrected chi connectivity index (χ4v) is 2.09. The van der Waals surface area contributed by atoms with Gasteiger partial charge in [0.15, 0.2) is 5.82 Å². The minimum atomic E-state index is -0.758. The average molecular weight is 281 g/mol. The van der Waals surface area contributed by atoms with Gasteiger partial charge in [-0.2, -0.15) is 0 Å². The Bertz CT molecular complexity index is 562. The summed E-state index contributed by atoms with van der Waals surface area (Å²) in [5.74, 6) is -0.299. The number of hydrogen-bond acceptors (Lipinski definition) is 4. The lowest BCUT2D eigenvalue weighted by Crippen LogP contribution is -2.26. The molecule has 2 N–H and O–H groups in total. The van der Waals surface area contributed by atoms with Gasteiger partial charge in [0, 0.05) is 13.6 Å². The Kier molecular flexibility index (Phi) is 3.87. The first kappa shape index (κ1) is 14.2. The van der Waals surface area contributed by atoms with E-state index in [4.69, 9.17) is 0 Å². The number of nitro benzene ring substituents is 1. The summed E-state index contributed by atoms with van der Waals surface area (Å²) in [6, 6.07) is 1.93. The van der Waals surface area contributed by atoms with Crippen LogP contribution in [0.1, 0.15) is 23.7 Å². The van der Waals surface area contributed by atoms with Gasteiger partial charge in [-0.1, -0.05) is 6.92 Å². The lowest BCUT2D eigenvalue weighted by molar-refractivity contribution is -0.385. The number of carbonyl (C=O) groups excluding carboxylic acids is 1. The van der Waals surface area contributed by atoms with Gasteiger partial charge in [-0.15, -0.1) is 0 Å². The molecule has 0 aliphatic heterocycles. The van der Waals surface area contributed by atoms with E-state index < -0.39 is 22.3 Å². The second kappa shape index (κ2) is 5.44. The van der Waals surface area contributed by atoms with Crippen molar-refractivity contribution in [2.75, 3.05) is 18.9 Å². The van der Waals surface area contributed by atoms with Crippen molar-refractivity contribution < 1.29 is 14.1 Å². The van der Waals surface area contributed by atoms with Crippen LogP contribution in [0.3, 0.4) is 0 Å². The van der Waals surface area contributed by atoms with Crippen molar-refractivity contribution in [2.45, 2.75) is 13.3 Å². The quantitative estimate of drug-likeness (QED) is 0.640. The Morgan fingerprint density at radius 3 is 2.70 bits per heavy atom. The van der Waals surface area contributed by atoms with E-state index in [1.165, 1.54) is 13.1 Å². The molecule has 1 aromatic rings. The first-order chi connectivity index (χ1) is 9.43. The predicted molar refractivity (Wildman–Crippen MR) is 72.2 cm³/mol. The van der Waals surface area contributed by atoms with Gasteiger partial charge in [0.05, 0.1) is 16.7 Å². The number of halogens is 1. The van der Waals surface area contributed by atoms with Crippen molar-refractivity contribution in [3.8, 4) is 0 Å². The van der Waals surface area contributed by atoms with Crippen molar-refractivity contribution in [2.24, 2.45) is 11.8 Å². The lowest BCUT2D eigenvalue weighted by Gasteiger charge is -2.08. The number of carbonyl (C=O) groups is 1. The third kappa shape index (κ3) is 2.87. The topological polar surface area (TPSA) is 84.3 Å². The number of amides is 1. The van der Waals surface area contributed by atoms with Crippen LogP contribution in [0.2, 0.25) is 0 Å². The standard InChI is InChI=1S/C13H16FN3O3/c1-7-3-8(7)6-16-13(18)9-4-11(15-2)10(14)5-12(9)17(19)20/h4-5,7-8,15H,3,6H2,1-2H3,(H,16,18). The number of nitro groups is 1. The Balaban J connectivity index is 2.23. The molecule has 0 heterocycles. The molecule has 1 aromatic carbocycles. The third-order valence-corrected chi connectivity index (χ3v) is 3.60. The van der Waals surface area contributed by atoms with E-state index >= 15 is 0 Å². The number of hydrogen-bond donors (Lipinski definition) is 2. The molecule has 108 valence electrons. The highest BCUT2D eigenvalue weighted by atomic mass is 19.1.